The van der Waals surface area contributed by atoms with Crippen LogP contribution in [0, 0.1) is 0 Å². The molecule has 0 atom stereocenters. The zero-order valence-electron chi connectivity index (χ0n) is 6.82. The number of rotatable bonds is 1. The monoisotopic (exact) mass is 228 g/mol. The molecule has 1 aromatic heterocycles. The van der Waals surface area contributed by atoms with Crippen molar-refractivity contribution in [2.24, 2.45) is 0 Å². The van der Waals surface area contributed by atoms with Crippen LogP contribution in [0.3, 0.4) is 0 Å². The van der Waals surface area contributed by atoms with E-state index < -0.39 is 5.97 Å². The summed E-state index contributed by atoms with van der Waals surface area (Å²) < 4.78 is 5.06. The lowest BCUT2D eigenvalue weighted by Gasteiger charge is -2.01. The van der Waals surface area contributed by atoms with E-state index in [0.29, 0.717) is 20.9 Å². The van der Waals surface area contributed by atoms with Crippen LogP contribution in [0.5, 0.6) is 0 Å². The minimum Gasteiger partial charge on any atom is -0.478 e. The molecule has 0 fully saturated rings. The zero-order valence-corrected chi connectivity index (χ0v) is 8.47. The highest BCUT2D eigenvalue weighted by Crippen LogP contribution is 2.32. The third-order valence-corrected chi connectivity index (χ3v) is 2.80. The Hall–Kier alpha value is -1.13. The lowest BCUT2D eigenvalue weighted by Crippen LogP contribution is -1.96. The van der Waals surface area contributed by atoms with Gasteiger partial charge in [0.2, 0.25) is 0 Å². The maximum absolute atomic E-state index is 10.8. The number of thiol groups is 1. The van der Waals surface area contributed by atoms with Crippen molar-refractivity contribution in [2.45, 2.75) is 4.90 Å². The van der Waals surface area contributed by atoms with E-state index in [1.807, 2.05) is 0 Å². The normalized spacial score (nSPS) is 10.7. The molecule has 3 nitrogen and oxygen atoms in total. The molecule has 0 spiro atoms. The summed E-state index contributed by atoms with van der Waals surface area (Å²) in [4.78, 5) is 11.4. The Labute approximate surface area is 89.7 Å². The summed E-state index contributed by atoms with van der Waals surface area (Å²) in [6, 6.07) is 2.97. The van der Waals surface area contributed by atoms with Crippen LogP contribution in [0.4, 0.5) is 0 Å². The van der Waals surface area contributed by atoms with Crippen molar-refractivity contribution in [1.29, 1.82) is 0 Å². The van der Waals surface area contributed by atoms with E-state index in [9.17, 15) is 4.79 Å². The number of carboxylic acid groups (broad SMARTS) is 1. The topological polar surface area (TPSA) is 50.4 Å². The van der Waals surface area contributed by atoms with Gasteiger partial charge in [-0.05, 0) is 12.1 Å². The third kappa shape index (κ3) is 1.27. The predicted molar refractivity (Wildman–Crippen MR) is 55.4 cm³/mol. The highest BCUT2D eigenvalue weighted by atomic mass is 35.5. The second kappa shape index (κ2) is 3.22. The molecule has 1 heterocycles. The molecule has 0 aliphatic rings. The number of benzene rings is 1. The van der Waals surface area contributed by atoms with Crippen LogP contribution in [0.25, 0.3) is 11.0 Å². The van der Waals surface area contributed by atoms with Gasteiger partial charge in [-0.2, -0.15) is 0 Å². The van der Waals surface area contributed by atoms with Gasteiger partial charge in [0.1, 0.15) is 11.1 Å². The van der Waals surface area contributed by atoms with Gasteiger partial charge in [-0.1, -0.05) is 11.6 Å². The number of hydrogen-bond donors (Lipinski definition) is 2. The van der Waals surface area contributed by atoms with E-state index in [-0.39, 0.29) is 5.56 Å². The number of carbonyl (C=O) groups is 1. The molecule has 1 aromatic carbocycles. The summed E-state index contributed by atoms with van der Waals surface area (Å²) in [6.07, 6.45) is 1.41. The van der Waals surface area contributed by atoms with Crippen LogP contribution in [0.1, 0.15) is 10.4 Å². The average molecular weight is 229 g/mol. The van der Waals surface area contributed by atoms with Crippen LogP contribution >= 0.6 is 24.2 Å². The van der Waals surface area contributed by atoms with E-state index in [0.717, 1.165) is 0 Å². The van der Waals surface area contributed by atoms with Crippen molar-refractivity contribution in [3.63, 3.8) is 0 Å². The maximum Gasteiger partial charge on any atom is 0.339 e. The van der Waals surface area contributed by atoms with Crippen molar-refractivity contribution in [3.05, 3.63) is 29.0 Å². The fraction of sp³-hybridized carbons (Fsp3) is 0. The molecule has 0 bridgehead atoms. The molecule has 0 radical (unpaired) electrons. The molecule has 72 valence electrons. The summed E-state index contributed by atoms with van der Waals surface area (Å²) in [5.74, 6) is -1.07. The molecule has 2 rings (SSSR count). The maximum atomic E-state index is 10.8. The van der Waals surface area contributed by atoms with Crippen molar-refractivity contribution >= 4 is 41.2 Å². The summed E-state index contributed by atoms with van der Waals surface area (Å²) in [5, 5.41) is 9.79. The second-order valence-corrected chi connectivity index (χ2v) is 3.58. The van der Waals surface area contributed by atoms with Crippen molar-refractivity contribution in [3.8, 4) is 0 Å². The Morgan fingerprint density at radius 2 is 2.29 bits per heavy atom. The summed E-state index contributed by atoms with van der Waals surface area (Å²) in [7, 11) is 0. The van der Waals surface area contributed by atoms with Crippen molar-refractivity contribution in [2.75, 3.05) is 0 Å². The molecule has 0 saturated heterocycles. The lowest BCUT2D eigenvalue weighted by molar-refractivity contribution is 0.0698. The van der Waals surface area contributed by atoms with Crippen LogP contribution in [-0.2, 0) is 0 Å². The van der Waals surface area contributed by atoms with E-state index in [1.54, 1.807) is 6.07 Å². The number of carboxylic acids is 1. The Morgan fingerprint density at radius 1 is 1.57 bits per heavy atom. The van der Waals surface area contributed by atoms with E-state index in [1.165, 1.54) is 12.3 Å². The molecule has 0 unspecified atom stereocenters. The number of furan rings is 1. The van der Waals surface area contributed by atoms with Crippen molar-refractivity contribution in [1.82, 2.24) is 0 Å². The Bertz CT molecular complexity index is 518. The fourth-order valence-electron chi connectivity index (χ4n) is 1.25. The Morgan fingerprint density at radius 3 is 2.93 bits per heavy atom. The van der Waals surface area contributed by atoms with Gasteiger partial charge in [-0.15, -0.1) is 12.6 Å². The lowest BCUT2D eigenvalue weighted by atomic mass is 10.1. The van der Waals surface area contributed by atoms with Crippen LogP contribution in [0.15, 0.2) is 27.7 Å². The van der Waals surface area contributed by atoms with Gasteiger partial charge < -0.3 is 9.52 Å². The Balaban J connectivity index is 2.91. The second-order valence-electron chi connectivity index (χ2n) is 2.72. The summed E-state index contributed by atoms with van der Waals surface area (Å²) in [6.45, 7) is 0. The molecule has 0 aliphatic carbocycles. The average Bonchev–Trinajstić information content (AvgIpc) is 2.59. The van der Waals surface area contributed by atoms with Gasteiger partial charge in [0, 0.05) is 10.3 Å². The van der Waals surface area contributed by atoms with Gasteiger partial charge in [0.15, 0.2) is 0 Å². The minimum absolute atomic E-state index is 0.0489. The highest BCUT2D eigenvalue weighted by molar-refractivity contribution is 7.80. The van der Waals surface area contributed by atoms with Gasteiger partial charge in [0.25, 0.3) is 0 Å². The van der Waals surface area contributed by atoms with Gasteiger partial charge >= 0.3 is 5.97 Å². The largest absolute Gasteiger partial charge is 0.478 e. The van der Waals surface area contributed by atoms with E-state index >= 15 is 0 Å². The predicted octanol–water partition coefficient (Wildman–Crippen LogP) is 3.07. The van der Waals surface area contributed by atoms with E-state index in [4.69, 9.17) is 21.1 Å². The van der Waals surface area contributed by atoms with Gasteiger partial charge in [-0.3, -0.25) is 0 Å². The SMILES string of the molecule is O=C(O)c1cc(Cl)c(S)c2ccoc12. The molecule has 2 aromatic rings. The smallest absolute Gasteiger partial charge is 0.339 e. The molecule has 0 saturated carbocycles. The fourth-order valence-corrected chi connectivity index (χ4v) is 1.70. The first-order valence-electron chi connectivity index (χ1n) is 3.73. The molecular weight excluding hydrogens is 224 g/mol. The summed E-state index contributed by atoms with van der Waals surface area (Å²) >= 11 is 9.97. The third-order valence-electron chi connectivity index (χ3n) is 1.89. The molecule has 0 aliphatic heterocycles. The zero-order chi connectivity index (χ0) is 10.3. The quantitative estimate of drug-likeness (QED) is 0.738. The van der Waals surface area contributed by atoms with Crippen LogP contribution in [-0.4, -0.2) is 11.1 Å². The molecule has 14 heavy (non-hydrogen) atoms. The van der Waals surface area contributed by atoms with Crippen molar-refractivity contribution < 1.29 is 14.3 Å². The molecular formula is C9H5ClO3S. The first kappa shape index (κ1) is 9.43. The standard InChI is InChI=1S/C9H5ClO3S/c10-6-3-5(9(11)12)7-4(8(6)14)1-2-13-7/h1-3,14H,(H,11,12). The number of aromatic carboxylic acids is 1. The van der Waals surface area contributed by atoms with Crippen LogP contribution in [0.2, 0.25) is 5.02 Å². The molecule has 5 heteroatoms. The van der Waals surface area contributed by atoms with Gasteiger partial charge in [-0.25, -0.2) is 4.79 Å². The number of fused-ring (bicyclic) bond motifs is 1. The molecule has 1 N–H and O–H groups in total. The van der Waals surface area contributed by atoms with E-state index in [2.05, 4.69) is 12.6 Å². The van der Waals surface area contributed by atoms with Gasteiger partial charge in [0.05, 0.1) is 11.3 Å². The number of hydrogen-bond acceptors (Lipinski definition) is 3. The highest BCUT2D eigenvalue weighted by Gasteiger charge is 2.15. The van der Waals surface area contributed by atoms with Crippen LogP contribution < -0.4 is 0 Å². The number of halogens is 1. The molecule has 0 amide bonds. The first-order valence-corrected chi connectivity index (χ1v) is 4.55. The first-order chi connectivity index (χ1) is 6.61. The summed E-state index contributed by atoms with van der Waals surface area (Å²) in [5.41, 5.74) is 0.347. The Kier molecular flexibility index (Phi) is 2.17. The minimum atomic E-state index is -1.07.